The van der Waals surface area contributed by atoms with Gasteiger partial charge in [0.25, 0.3) is 5.91 Å². The molecular weight excluding hydrogens is 492 g/mol. The lowest BCUT2D eigenvalue weighted by Crippen LogP contribution is -2.24. The molecule has 0 bridgehead atoms. The van der Waals surface area contributed by atoms with Crippen molar-refractivity contribution in [2.75, 3.05) is 24.7 Å². The number of carboxylic acid groups (broad SMARTS) is 1. The van der Waals surface area contributed by atoms with Crippen LogP contribution in [0.3, 0.4) is 0 Å². The molecule has 0 spiro atoms. The highest BCUT2D eigenvalue weighted by molar-refractivity contribution is 9.10. The molecule has 2 aromatic rings. The van der Waals surface area contributed by atoms with Gasteiger partial charge in [0.05, 0.1) is 10.8 Å². The summed E-state index contributed by atoms with van der Waals surface area (Å²) in [7, 11) is 0. The van der Waals surface area contributed by atoms with E-state index in [0.29, 0.717) is 21.6 Å². The van der Waals surface area contributed by atoms with Crippen LogP contribution in [0.2, 0.25) is 0 Å². The fraction of sp³-hybridized carbons (Fsp3) is 0.250. The molecular formula is C20H19BrN2O5S2. The number of ether oxygens (including phenoxy) is 2. The summed E-state index contributed by atoms with van der Waals surface area (Å²) in [5, 5.41) is 12.6. The second-order valence-corrected chi connectivity index (χ2v) is 9.73. The zero-order chi connectivity index (χ0) is 21.3. The minimum Gasteiger partial charge on any atom is -0.484 e. The van der Waals surface area contributed by atoms with Crippen LogP contribution in [0.5, 0.6) is 11.5 Å². The van der Waals surface area contributed by atoms with Crippen LogP contribution in [0.15, 0.2) is 52.0 Å². The summed E-state index contributed by atoms with van der Waals surface area (Å²) in [6, 6.07) is 12.8. The van der Waals surface area contributed by atoms with E-state index in [4.69, 9.17) is 14.6 Å². The van der Waals surface area contributed by atoms with E-state index in [1.807, 2.05) is 47.8 Å². The topological polar surface area (TPSA) is 97.2 Å². The molecule has 0 aromatic heterocycles. The number of benzene rings is 2. The summed E-state index contributed by atoms with van der Waals surface area (Å²) < 4.78 is 11.9. The Balaban J connectivity index is 1.49. The monoisotopic (exact) mass is 510 g/mol. The summed E-state index contributed by atoms with van der Waals surface area (Å²) in [4.78, 5) is 22.7. The minimum absolute atomic E-state index is 0.176. The molecule has 0 aliphatic carbocycles. The van der Waals surface area contributed by atoms with Crippen LogP contribution in [-0.4, -0.2) is 47.9 Å². The maximum atomic E-state index is 12.0. The van der Waals surface area contributed by atoms with Crippen LogP contribution in [-0.2, 0) is 9.59 Å². The molecule has 2 aromatic carbocycles. The van der Waals surface area contributed by atoms with E-state index >= 15 is 0 Å². The number of carbonyl (C=O) groups excluding carboxylic acids is 1. The lowest BCUT2D eigenvalue weighted by atomic mass is 10.2. The predicted molar refractivity (Wildman–Crippen MR) is 123 cm³/mol. The van der Waals surface area contributed by atoms with Crippen LogP contribution < -0.4 is 14.9 Å². The lowest BCUT2D eigenvalue weighted by Gasteiger charge is -2.10. The quantitative estimate of drug-likeness (QED) is 0.389. The Morgan fingerprint density at radius 2 is 1.87 bits per heavy atom. The minimum atomic E-state index is -1.08. The molecule has 3 rings (SSSR count). The first-order valence-corrected chi connectivity index (χ1v) is 11.8. The Labute approximate surface area is 190 Å². The van der Waals surface area contributed by atoms with Crippen molar-refractivity contribution < 1.29 is 24.2 Å². The molecule has 7 nitrogen and oxygen atoms in total. The molecule has 1 aliphatic heterocycles. The fourth-order valence-corrected chi connectivity index (χ4v) is 5.76. The number of aliphatic carboxylic acids is 1. The van der Waals surface area contributed by atoms with E-state index in [9.17, 15) is 9.59 Å². The molecule has 0 atom stereocenters. The maximum Gasteiger partial charge on any atom is 0.341 e. The average molecular weight is 511 g/mol. The zero-order valence-corrected chi connectivity index (χ0v) is 19.0. The van der Waals surface area contributed by atoms with Gasteiger partial charge in [-0.25, -0.2) is 10.2 Å². The predicted octanol–water partition coefficient (Wildman–Crippen LogP) is 3.92. The molecule has 2 N–H and O–H groups in total. The van der Waals surface area contributed by atoms with E-state index < -0.39 is 18.5 Å². The van der Waals surface area contributed by atoms with E-state index in [0.717, 1.165) is 4.47 Å². The van der Waals surface area contributed by atoms with Crippen molar-refractivity contribution in [3.63, 3.8) is 0 Å². The molecule has 1 amide bonds. The van der Waals surface area contributed by atoms with Crippen LogP contribution in [0.4, 0.5) is 0 Å². The lowest BCUT2D eigenvalue weighted by molar-refractivity contribution is -0.139. The number of carboxylic acids is 1. The fourth-order valence-electron chi connectivity index (χ4n) is 2.52. The Bertz CT molecular complexity index is 918. The number of hydrogen-bond acceptors (Lipinski definition) is 7. The standard InChI is InChI=1S/C20H19BrN2O5S2/c21-15-3-6-17(28-12-19(25)26)14(9-15)10-22-23-18(24)11-27-16-4-1-13(2-5-16)20-29-7-8-30-20/h1-6,9-10,20H,7-8,11-12H2,(H,23,24)(H,25,26)/b22-10-. The van der Waals surface area contributed by atoms with Crippen LogP contribution >= 0.6 is 39.5 Å². The first kappa shape index (κ1) is 22.5. The van der Waals surface area contributed by atoms with Gasteiger partial charge in [0.1, 0.15) is 11.5 Å². The van der Waals surface area contributed by atoms with Gasteiger partial charge in [-0.05, 0) is 35.9 Å². The first-order valence-electron chi connectivity index (χ1n) is 8.93. The molecule has 10 heteroatoms. The third-order valence-corrected chi connectivity index (χ3v) is 7.46. The number of hydrazone groups is 1. The number of rotatable bonds is 9. The van der Waals surface area contributed by atoms with Gasteiger partial charge in [0, 0.05) is 21.5 Å². The van der Waals surface area contributed by atoms with Gasteiger partial charge in [0.15, 0.2) is 13.2 Å². The van der Waals surface area contributed by atoms with Gasteiger partial charge < -0.3 is 14.6 Å². The largest absolute Gasteiger partial charge is 0.484 e. The normalized spacial score (nSPS) is 14.0. The van der Waals surface area contributed by atoms with Crippen molar-refractivity contribution in [1.82, 2.24) is 5.43 Å². The van der Waals surface area contributed by atoms with E-state index in [1.54, 1.807) is 18.2 Å². The number of halogens is 1. The highest BCUT2D eigenvalue weighted by atomic mass is 79.9. The van der Waals surface area contributed by atoms with Gasteiger partial charge in [-0.3, -0.25) is 4.79 Å². The number of nitrogens with zero attached hydrogens (tertiary/aromatic N) is 1. The number of carbonyl (C=O) groups is 2. The van der Waals surface area contributed by atoms with Crippen molar-refractivity contribution in [1.29, 1.82) is 0 Å². The molecule has 0 saturated carbocycles. The van der Waals surface area contributed by atoms with Crippen LogP contribution in [0, 0.1) is 0 Å². The second kappa shape index (κ2) is 11.3. The van der Waals surface area contributed by atoms with Crippen LogP contribution in [0.25, 0.3) is 0 Å². The number of thioether (sulfide) groups is 2. The van der Waals surface area contributed by atoms with Crippen molar-refractivity contribution in [3.05, 3.63) is 58.1 Å². The van der Waals surface area contributed by atoms with Crippen molar-refractivity contribution in [2.24, 2.45) is 5.10 Å². The first-order chi connectivity index (χ1) is 14.5. The molecule has 1 heterocycles. The summed E-state index contributed by atoms with van der Waals surface area (Å²) >= 11 is 7.20. The third-order valence-electron chi connectivity index (χ3n) is 3.86. The molecule has 30 heavy (non-hydrogen) atoms. The molecule has 158 valence electrons. The summed E-state index contributed by atoms with van der Waals surface area (Å²) in [6.45, 7) is -0.649. The van der Waals surface area contributed by atoms with Crippen molar-refractivity contribution in [2.45, 2.75) is 4.58 Å². The number of hydrogen-bond donors (Lipinski definition) is 2. The summed E-state index contributed by atoms with van der Waals surface area (Å²) in [6.07, 6.45) is 1.38. The van der Waals surface area contributed by atoms with E-state index in [2.05, 4.69) is 26.5 Å². The van der Waals surface area contributed by atoms with Gasteiger partial charge in [0.2, 0.25) is 0 Å². The van der Waals surface area contributed by atoms with E-state index in [-0.39, 0.29) is 6.61 Å². The SMILES string of the molecule is O=C(O)COc1ccc(Br)cc1/C=N\NC(=O)COc1ccc(C2SCCS2)cc1. The van der Waals surface area contributed by atoms with Gasteiger partial charge in [-0.1, -0.05) is 28.1 Å². The Hall–Kier alpha value is -2.17. The van der Waals surface area contributed by atoms with E-state index in [1.165, 1.54) is 23.3 Å². The number of nitrogens with one attached hydrogen (secondary N) is 1. The summed E-state index contributed by atoms with van der Waals surface area (Å²) in [5.41, 5.74) is 4.15. The second-order valence-electron chi connectivity index (χ2n) is 6.09. The van der Waals surface area contributed by atoms with Crippen LogP contribution in [0.1, 0.15) is 15.7 Å². The third kappa shape index (κ3) is 6.96. The highest BCUT2D eigenvalue weighted by Gasteiger charge is 2.18. The molecule has 1 fully saturated rings. The zero-order valence-electron chi connectivity index (χ0n) is 15.7. The smallest absolute Gasteiger partial charge is 0.341 e. The van der Waals surface area contributed by atoms with Crippen molar-refractivity contribution >= 4 is 57.5 Å². The number of amides is 1. The molecule has 1 saturated heterocycles. The highest BCUT2D eigenvalue weighted by Crippen LogP contribution is 2.45. The Morgan fingerprint density at radius 1 is 1.13 bits per heavy atom. The average Bonchev–Trinajstić information content (AvgIpc) is 3.27. The van der Waals surface area contributed by atoms with Gasteiger partial charge in [-0.2, -0.15) is 5.10 Å². The molecule has 0 unspecified atom stereocenters. The molecule has 0 radical (unpaired) electrons. The van der Waals surface area contributed by atoms with Gasteiger partial charge >= 0.3 is 5.97 Å². The van der Waals surface area contributed by atoms with Gasteiger partial charge in [-0.15, -0.1) is 23.5 Å². The maximum absolute atomic E-state index is 12.0. The van der Waals surface area contributed by atoms with Crippen molar-refractivity contribution in [3.8, 4) is 11.5 Å². The Kier molecular flexibility index (Phi) is 8.47. The Morgan fingerprint density at radius 3 is 2.57 bits per heavy atom. The molecule has 1 aliphatic rings. The summed E-state index contributed by atoms with van der Waals surface area (Å²) in [5.74, 6) is 1.79.